The molecule has 0 radical (unpaired) electrons. The van der Waals surface area contributed by atoms with Gasteiger partial charge in [0.1, 0.15) is 0 Å². The van der Waals surface area contributed by atoms with Crippen LogP contribution < -0.4 is 5.32 Å². The zero-order chi connectivity index (χ0) is 7.66. The Morgan fingerprint density at radius 1 is 1.40 bits per heavy atom. The fourth-order valence-electron chi connectivity index (χ4n) is 0.580. The topological polar surface area (TPSA) is 21.3 Å². The molecule has 0 fully saturated rings. The Morgan fingerprint density at radius 3 is 2.80 bits per heavy atom. The zero-order valence-corrected chi connectivity index (χ0v) is 8.11. The van der Waals surface area contributed by atoms with E-state index in [9.17, 15) is 0 Å². The van der Waals surface area contributed by atoms with E-state index < -0.39 is 0 Å². The molecule has 0 aliphatic carbocycles. The monoisotopic (exact) mass is 209 g/mol. The summed E-state index contributed by atoms with van der Waals surface area (Å²) >= 11 is 3.34. The highest BCUT2D eigenvalue weighted by Crippen LogP contribution is 1.87. The van der Waals surface area contributed by atoms with Crippen LogP contribution in [0.3, 0.4) is 0 Å². The Hall–Kier alpha value is 0.400. The molecule has 0 aromatic rings. The largest absolute Gasteiger partial charge is 0.380 e. The van der Waals surface area contributed by atoms with E-state index in [1.165, 1.54) is 0 Å². The standard InChI is InChI=1S/C7H16BrNO/c1-2-9-5-7-10-6-3-4-8/h9H,2-7H2,1H3. The van der Waals surface area contributed by atoms with Crippen molar-refractivity contribution < 1.29 is 4.74 Å². The molecule has 0 atom stereocenters. The van der Waals surface area contributed by atoms with E-state index in [1.807, 2.05) is 0 Å². The SMILES string of the molecule is CCNCCOCCCBr. The third-order valence-corrected chi connectivity index (χ3v) is 1.66. The first-order valence-electron chi connectivity index (χ1n) is 3.76. The van der Waals surface area contributed by atoms with Crippen LogP contribution in [-0.2, 0) is 4.74 Å². The molecule has 0 unspecified atom stereocenters. The van der Waals surface area contributed by atoms with Crippen LogP contribution in [-0.4, -0.2) is 31.6 Å². The molecule has 62 valence electrons. The number of likely N-dealkylation sites (N-methyl/N-ethyl adjacent to an activating group) is 1. The van der Waals surface area contributed by atoms with Crippen molar-refractivity contribution >= 4 is 15.9 Å². The van der Waals surface area contributed by atoms with Gasteiger partial charge in [0.15, 0.2) is 0 Å². The maximum atomic E-state index is 5.28. The molecular formula is C7H16BrNO. The molecule has 0 aliphatic rings. The first kappa shape index (κ1) is 10.4. The Labute approximate surface area is 71.5 Å². The van der Waals surface area contributed by atoms with Crippen LogP contribution in [0, 0.1) is 0 Å². The third-order valence-electron chi connectivity index (χ3n) is 1.10. The highest BCUT2D eigenvalue weighted by Gasteiger charge is 1.85. The Bertz CT molecular complexity index is 53.6. The summed E-state index contributed by atoms with van der Waals surface area (Å²) in [5.41, 5.74) is 0. The average molecular weight is 210 g/mol. The van der Waals surface area contributed by atoms with Crippen molar-refractivity contribution in [3.05, 3.63) is 0 Å². The van der Waals surface area contributed by atoms with E-state index in [2.05, 4.69) is 28.2 Å². The van der Waals surface area contributed by atoms with Crippen LogP contribution in [0.4, 0.5) is 0 Å². The van der Waals surface area contributed by atoms with Crippen LogP contribution in [0.25, 0.3) is 0 Å². The molecule has 1 N–H and O–H groups in total. The summed E-state index contributed by atoms with van der Waals surface area (Å²) < 4.78 is 5.28. The van der Waals surface area contributed by atoms with Crippen molar-refractivity contribution in [1.29, 1.82) is 0 Å². The van der Waals surface area contributed by atoms with E-state index in [4.69, 9.17) is 4.74 Å². The minimum Gasteiger partial charge on any atom is -0.380 e. The van der Waals surface area contributed by atoms with Gasteiger partial charge in [0.25, 0.3) is 0 Å². The van der Waals surface area contributed by atoms with Gasteiger partial charge in [-0.05, 0) is 13.0 Å². The first-order valence-corrected chi connectivity index (χ1v) is 4.88. The number of nitrogens with one attached hydrogen (secondary N) is 1. The lowest BCUT2D eigenvalue weighted by molar-refractivity contribution is 0.138. The minimum absolute atomic E-state index is 0.834. The van der Waals surface area contributed by atoms with Crippen molar-refractivity contribution in [2.75, 3.05) is 31.6 Å². The van der Waals surface area contributed by atoms with Gasteiger partial charge in [-0.3, -0.25) is 0 Å². The van der Waals surface area contributed by atoms with E-state index in [0.717, 1.165) is 38.1 Å². The summed E-state index contributed by atoms with van der Waals surface area (Å²) in [7, 11) is 0. The summed E-state index contributed by atoms with van der Waals surface area (Å²) in [6, 6.07) is 0. The molecule has 3 heteroatoms. The summed E-state index contributed by atoms with van der Waals surface area (Å²) in [5, 5.41) is 4.22. The van der Waals surface area contributed by atoms with Crippen LogP contribution >= 0.6 is 15.9 Å². The second kappa shape index (κ2) is 9.40. The Balaban J connectivity index is 2.65. The number of hydrogen-bond donors (Lipinski definition) is 1. The third kappa shape index (κ3) is 8.40. The smallest absolute Gasteiger partial charge is 0.0590 e. The Kier molecular flexibility index (Phi) is 9.78. The normalized spacial score (nSPS) is 10.2. The molecule has 0 aliphatic heterocycles. The van der Waals surface area contributed by atoms with Crippen LogP contribution in [0.5, 0.6) is 0 Å². The van der Waals surface area contributed by atoms with Gasteiger partial charge >= 0.3 is 0 Å². The number of alkyl halides is 1. The lowest BCUT2D eigenvalue weighted by Crippen LogP contribution is -2.19. The first-order chi connectivity index (χ1) is 4.91. The van der Waals surface area contributed by atoms with E-state index in [-0.39, 0.29) is 0 Å². The lowest BCUT2D eigenvalue weighted by atomic mass is 10.5. The maximum absolute atomic E-state index is 5.28. The molecule has 0 amide bonds. The van der Waals surface area contributed by atoms with Gasteiger partial charge in [-0.2, -0.15) is 0 Å². The number of halogens is 1. The molecule has 0 rings (SSSR count). The quantitative estimate of drug-likeness (QED) is 0.506. The molecule has 0 aromatic heterocycles. The maximum Gasteiger partial charge on any atom is 0.0590 e. The molecule has 0 saturated heterocycles. The predicted octanol–water partition coefficient (Wildman–Crippen LogP) is 1.40. The lowest BCUT2D eigenvalue weighted by Gasteiger charge is -2.02. The molecule has 0 spiro atoms. The summed E-state index contributed by atoms with van der Waals surface area (Å²) in [6.45, 7) is 5.80. The number of ether oxygens (including phenoxy) is 1. The molecule has 0 aromatic carbocycles. The van der Waals surface area contributed by atoms with E-state index in [1.54, 1.807) is 0 Å². The van der Waals surface area contributed by atoms with Crippen LogP contribution in [0.2, 0.25) is 0 Å². The summed E-state index contributed by atoms with van der Waals surface area (Å²) in [5.74, 6) is 0. The molecule has 2 nitrogen and oxygen atoms in total. The van der Waals surface area contributed by atoms with Gasteiger partial charge in [0.05, 0.1) is 6.61 Å². The van der Waals surface area contributed by atoms with Crippen LogP contribution in [0.15, 0.2) is 0 Å². The highest BCUT2D eigenvalue weighted by molar-refractivity contribution is 9.09. The fourth-order valence-corrected chi connectivity index (χ4v) is 0.809. The van der Waals surface area contributed by atoms with E-state index in [0.29, 0.717) is 0 Å². The van der Waals surface area contributed by atoms with E-state index >= 15 is 0 Å². The van der Waals surface area contributed by atoms with Crippen molar-refractivity contribution in [2.24, 2.45) is 0 Å². The number of rotatable bonds is 7. The van der Waals surface area contributed by atoms with Crippen molar-refractivity contribution in [1.82, 2.24) is 5.32 Å². The molecule has 0 saturated carbocycles. The second-order valence-corrected chi connectivity index (χ2v) is 2.80. The molecule has 10 heavy (non-hydrogen) atoms. The molecule has 0 heterocycles. The van der Waals surface area contributed by atoms with Crippen molar-refractivity contribution in [3.63, 3.8) is 0 Å². The van der Waals surface area contributed by atoms with Gasteiger partial charge in [0, 0.05) is 18.5 Å². The minimum atomic E-state index is 0.834. The predicted molar refractivity (Wildman–Crippen MR) is 47.8 cm³/mol. The van der Waals surface area contributed by atoms with Crippen molar-refractivity contribution in [2.45, 2.75) is 13.3 Å². The summed E-state index contributed by atoms with van der Waals surface area (Å²) in [6.07, 6.45) is 1.10. The second-order valence-electron chi connectivity index (χ2n) is 2.01. The van der Waals surface area contributed by atoms with Crippen LogP contribution in [0.1, 0.15) is 13.3 Å². The zero-order valence-electron chi connectivity index (χ0n) is 6.53. The van der Waals surface area contributed by atoms with Gasteiger partial charge in [0.2, 0.25) is 0 Å². The van der Waals surface area contributed by atoms with Crippen molar-refractivity contribution in [3.8, 4) is 0 Å². The number of hydrogen-bond acceptors (Lipinski definition) is 2. The van der Waals surface area contributed by atoms with Gasteiger partial charge in [-0.15, -0.1) is 0 Å². The average Bonchev–Trinajstić information content (AvgIpc) is 1.97. The molecular weight excluding hydrogens is 194 g/mol. The Morgan fingerprint density at radius 2 is 2.20 bits per heavy atom. The fraction of sp³-hybridized carbons (Fsp3) is 1.00. The van der Waals surface area contributed by atoms with Gasteiger partial charge in [-0.1, -0.05) is 22.9 Å². The van der Waals surface area contributed by atoms with Gasteiger partial charge < -0.3 is 10.1 Å². The molecule has 0 bridgehead atoms. The highest BCUT2D eigenvalue weighted by atomic mass is 79.9. The summed E-state index contributed by atoms with van der Waals surface area (Å²) in [4.78, 5) is 0. The van der Waals surface area contributed by atoms with Gasteiger partial charge in [-0.25, -0.2) is 0 Å².